The molecule has 1 saturated heterocycles. The molecule has 0 amide bonds. The summed E-state index contributed by atoms with van der Waals surface area (Å²) >= 11 is 0. The lowest BCUT2D eigenvalue weighted by Crippen LogP contribution is -2.51. The standard InChI is InChI=1S/C14H24N4O2/c1-15-14(16-8-12-4-5-17(2)9-12)18-6-7-20-13(10-18)11-19-3/h4-5,9,13H,6-8,10-11H2,1-3H3,(H,15,16). The summed E-state index contributed by atoms with van der Waals surface area (Å²) in [5.74, 6) is 0.915. The lowest BCUT2D eigenvalue weighted by Gasteiger charge is -2.34. The Morgan fingerprint density at radius 3 is 3.10 bits per heavy atom. The Morgan fingerprint density at radius 2 is 2.45 bits per heavy atom. The van der Waals surface area contributed by atoms with E-state index >= 15 is 0 Å². The second-order valence-corrected chi connectivity index (χ2v) is 4.98. The maximum absolute atomic E-state index is 5.66. The minimum Gasteiger partial charge on any atom is -0.382 e. The van der Waals surface area contributed by atoms with Crippen molar-refractivity contribution in [2.24, 2.45) is 12.0 Å². The predicted octanol–water partition coefficient (Wildman–Crippen LogP) is 0.448. The van der Waals surface area contributed by atoms with Crippen LogP contribution in [0.5, 0.6) is 0 Å². The van der Waals surface area contributed by atoms with Gasteiger partial charge in [0.15, 0.2) is 5.96 Å². The third kappa shape index (κ3) is 3.98. The van der Waals surface area contributed by atoms with E-state index in [1.807, 2.05) is 24.9 Å². The third-order valence-corrected chi connectivity index (χ3v) is 3.35. The van der Waals surface area contributed by atoms with Crippen molar-refractivity contribution < 1.29 is 9.47 Å². The molecule has 1 aromatic rings. The highest BCUT2D eigenvalue weighted by Gasteiger charge is 2.22. The molecule has 1 N–H and O–H groups in total. The zero-order valence-electron chi connectivity index (χ0n) is 12.5. The number of ether oxygens (including phenoxy) is 2. The van der Waals surface area contributed by atoms with Gasteiger partial charge in [-0.25, -0.2) is 0 Å². The van der Waals surface area contributed by atoms with Crippen LogP contribution in [0.15, 0.2) is 23.5 Å². The Balaban J connectivity index is 1.87. The fourth-order valence-electron chi connectivity index (χ4n) is 2.38. The van der Waals surface area contributed by atoms with E-state index in [-0.39, 0.29) is 6.10 Å². The van der Waals surface area contributed by atoms with Crippen LogP contribution in [0.25, 0.3) is 0 Å². The summed E-state index contributed by atoms with van der Waals surface area (Å²) < 4.78 is 12.9. The number of hydrogen-bond acceptors (Lipinski definition) is 3. The fourth-order valence-corrected chi connectivity index (χ4v) is 2.38. The van der Waals surface area contributed by atoms with Gasteiger partial charge in [-0.05, 0) is 11.6 Å². The van der Waals surface area contributed by atoms with Crippen LogP contribution in [-0.2, 0) is 23.1 Å². The number of aryl methyl sites for hydroxylation is 1. The predicted molar refractivity (Wildman–Crippen MR) is 78.8 cm³/mol. The average Bonchev–Trinajstić information content (AvgIpc) is 2.86. The number of morpholine rings is 1. The van der Waals surface area contributed by atoms with Crippen LogP contribution in [0, 0.1) is 0 Å². The van der Waals surface area contributed by atoms with Crippen molar-refractivity contribution in [2.45, 2.75) is 12.6 Å². The van der Waals surface area contributed by atoms with E-state index in [1.54, 1.807) is 7.11 Å². The Kier molecular flexibility index (Phi) is 5.43. The van der Waals surface area contributed by atoms with Crippen molar-refractivity contribution >= 4 is 5.96 Å². The molecule has 1 aromatic heterocycles. The molecule has 0 aromatic carbocycles. The molecule has 1 aliphatic heterocycles. The first-order chi connectivity index (χ1) is 9.72. The van der Waals surface area contributed by atoms with Crippen LogP contribution in [0.3, 0.4) is 0 Å². The first kappa shape index (κ1) is 14.9. The number of hydrogen-bond donors (Lipinski definition) is 1. The van der Waals surface area contributed by atoms with Gasteiger partial charge in [0, 0.05) is 53.2 Å². The molecule has 0 aliphatic carbocycles. The van der Waals surface area contributed by atoms with Gasteiger partial charge in [-0.2, -0.15) is 0 Å². The lowest BCUT2D eigenvalue weighted by atomic mass is 10.3. The van der Waals surface area contributed by atoms with Crippen molar-refractivity contribution in [3.8, 4) is 0 Å². The minimum absolute atomic E-state index is 0.115. The Hall–Kier alpha value is -1.53. The normalized spacial score (nSPS) is 20.2. The van der Waals surface area contributed by atoms with Gasteiger partial charge in [-0.1, -0.05) is 0 Å². The number of aromatic nitrogens is 1. The van der Waals surface area contributed by atoms with Gasteiger partial charge < -0.3 is 24.3 Å². The molecule has 2 rings (SSSR count). The van der Waals surface area contributed by atoms with E-state index in [0.717, 1.165) is 25.6 Å². The van der Waals surface area contributed by atoms with Crippen molar-refractivity contribution in [2.75, 3.05) is 40.5 Å². The highest BCUT2D eigenvalue weighted by molar-refractivity contribution is 5.80. The molecule has 0 saturated carbocycles. The molecule has 0 spiro atoms. The molecule has 1 aliphatic rings. The second kappa shape index (κ2) is 7.31. The van der Waals surface area contributed by atoms with Gasteiger partial charge in [-0.3, -0.25) is 4.99 Å². The van der Waals surface area contributed by atoms with E-state index in [0.29, 0.717) is 13.2 Å². The van der Waals surface area contributed by atoms with Crippen LogP contribution in [-0.4, -0.2) is 62.0 Å². The SMILES string of the molecule is CN=C(NCc1ccn(C)c1)N1CCOC(COC)C1. The van der Waals surface area contributed by atoms with Gasteiger partial charge >= 0.3 is 0 Å². The van der Waals surface area contributed by atoms with Crippen LogP contribution in [0.4, 0.5) is 0 Å². The Morgan fingerprint density at radius 1 is 1.60 bits per heavy atom. The monoisotopic (exact) mass is 280 g/mol. The summed E-state index contributed by atoms with van der Waals surface area (Å²) in [5, 5.41) is 3.40. The van der Waals surface area contributed by atoms with Gasteiger partial charge in [0.25, 0.3) is 0 Å². The number of guanidine groups is 1. The zero-order chi connectivity index (χ0) is 14.4. The smallest absolute Gasteiger partial charge is 0.194 e. The topological polar surface area (TPSA) is 51.0 Å². The number of methoxy groups -OCH3 is 1. The van der Waals surface area contributed by atoms with Crippen molar-refractivity contribution in [1.82, 2.24) is 14.8 Å². The maximum Gasteiger partial charge on any atom is 0.194 e. The highest BCUT2D eigenvalue weighted by Crippen LogP contribution is 2.06. The first-order valence-electron chi connectivity index (χ1n) is 6.90. The number of nitrogens with one attached hydrogen (secondary N) is 1. The van der Waals surface area contributed by atoms with E-state index in [2.05, 4.69) is 27.5 Å². The number of aliphatic imine (C=N–C) groups is 1. The van der Waals surface area contributed by atoms with E-state index in [1.165, 1.54) is 5.56 Å². The molecule has 1 atom stereocenters. The van der Waals surface area contributed by atoms with Crippen LogP contribution in [0.1, 0.15) is 5.56 Å². The molecule has 20 heavy (non-hydrogen) atoms. The van der Waals surface area contributed by atoms with E-state index < -0.39 is 0 Å². The molecule has 2 heterocycles. The molecule has 1 fully saturated rings. The molecule has 112 valence electrons. The third-order valence-electron chi connectivity index (χ3n) is 3.35. The molecular formula is C14H24N4O2. The highest BCUT2D eigenvalue weighted by atomic mass is 16.5. The van der Waals surface area contributed by atoms with E-state index in [4.69, 9.17) is 9.47 Å². The summed E-state index contributed by atoms with van der Waals surface area (Å²) in [7, 11) is 5.54. The summed E-state index contributed by atoms with van der Waals surface area (Å²) in [6, 6.07) is 2.10. The lowest BCUT2D eigenvalue weighted by molar-refractivity contribution is -0.0447. The quantitative estimate of drug-likeness (QED) is 0.642. The van der Waals surface area contributed by atoms with Crippen LogP contribution >= 0.6 is 0 Å². The minimum atomic E-state index is 0.115. The van der Waals surface area contributed by atoms with Gasteiger partial charge in [-0.15, -0.1) is 0 Å². The maximum atomic E-state index is 5.66. The number of nitrogens with zero attached hydrogens (tertiary/aromatic N) is 3. The van der Waals surface area contributed by atoms with E-state index in [9.17, 15) is 0 Å². The summed E-state index contributed by atoms with van der Waals surface area (Å²) in [6.07, 6.45) is 4.26. The molecule has 1 unspecified atom stereocenters. The average molecular weight is 280 g/mol. The van der Waals surface area contributed by atoms with Gasteiger partial charge in [0.05, 0.1) is 19.3 Å². The molecule has 6 nitrogen and oxygen atoms in total. The second-order valence-electron chi connectivity index (χ2n) is 4.98. The molecular weight excluding hydrogens is 256 g/mol. The zero-order valence-corrected chi connectivity index (χ0v) is 12.5. The molecule has 0 radical (unpaired) electrons. The molecule has 6 heteroatoms. The molecule has 0 bridgehead atoms. The summed E-state index contributed by atoms with van der Waals surface area (Å²) in [6.45, 7) is 3.77. The van der Waals surface area contributed by atoms with Gasteiger partial charge in [0.2, 0.25) is 0 Å². The van der Waals surface area contributed by atoms with Crippen LogP contribution in [0.2, 0.25) is 0 Å². The van der Waals surface area contributed by atoms with Crippen molar-refractivity contribution in [3.63, 3.8) is 0 Å². The van der Waals surface area contributed by atoms with Crippen LogP contribution < -0.4 is 5.32 Å². The largest absolute Gasteiger partial charge is 0.382 e. The van der Waals surface area contributed by atoms with Gasteiger partial charge in [0.1, 0.15) is 0 Å². The van der Waals surface area contributed by atoms with Crippen molar-refractivity contribution in [3.05, 3.63) is 24.0 Å². The Labute approximate surface area is 120 Å². The summed E-state index contributed by atoms with van der Waals surface area (Å²) in [4.78, 5) is 6.57. The first-order valence-corrected chi connectivity index (χ1v) is 6.90. The number of rotatable bonds is 4. The Bertz CT molecular complexity index is 442. The van der Waals surface area contributed by atoms with Crippen molar-refractivity contribution in [1.29, 1.82) is 0 Å². The fraction of sp³-hybridized carbons (Fsp3) is 0.643. The summed E-state index contributed by atoms with van der Waals surface area (Å²) in [5.41, 5.74) is 1.25.